The largest absolute Gasteiger partial charge is 0.382 e. The normalized spacial score (nSPS) is 12.8. The summed E-state index contributed by atoms with van der Waals surface area (Å²) in [6, 6.07) is 4.73. The average Bonchev–Trinajstić information content (AvgIpc) is 2.73. The summed E-state index contributed by atoms with van der Waals surface area (Å²) in [6.07, 6.45) is 0.222. The molecule has 11 nitrogen and oxygen atoms in total. The van der Waals surface area contributed by atoms with Gasteiger partial charge in [-0.05, 0) is 18.6 Å². The highest BCUT2D eigenvalue weighted by atomic mass is 16.7. The van der Waals surface area contributed by atoms with Crippen LogP contribution < -0.4 is 5.48 Å². The number of nitro groups is 1. The second-order valence-electron chi connectivity index (χ2n) is 6.38. The molecule has 2 amide bonds. The van der Waals surface area contributed by atoms with Gasteiger partial charge >= 0.3 is 0 Å². The first-order valence-corrected chi connectivity index (χ1v) is 8.91. The van der Waals surface area contributed by atoms with Crippen molar-refractivity contribution in [3.63, 3.8) is 0 Å². The zero-order valence-electron chi connectivity index (χ0n) is 16.7. The molecule has 0 saturated carbocycles. The first-order valence-electron chi connectivity index (χ1n) is 8.91. The van der Waals surface area contributed by atoms with Crippen LogP contribution in [-0.2, 0) is 19.0 Å². The van der Waals surface area contributed by atoms with Gasteiger partial charge in [0.2, 0.25) is 5.91 Å². The molecule has 1 aromatic carbocycles. The zero-order valence-corrected chi connectivity index (χ0v) is 16.7. The maximum atomic E-state index is 12.8. The Labute approximate surface area is 168 Å². The molecule has 2 atom stereocenters. The number of nitrogens with one attached hydrogen (secondary N) is 1. The van der Waals surface area contributed by atoms with Crippen LogP contribution in [0.3, 0.4) is 0 Å². The van der Waals surface area contributed by atoms with E-state index in [1.807, 2.05) is 0 Å². The van der Waals surface area contributed by atoms with Crippen molar-refractivity contribution in [3.05, 3.63) is 39.9 Å². The Hall–Kier alpha value is -2.60. The van der Waals surface area contributed by atoms with Gasteiger partial charge in [-0.2, -0.15) is 0 Å². The fourth-order valence-corrected chi connectivity index (χ4v) is 2.50. The second-order valence-corrected chi connectivity index (χ2v) is 6.38. The molecule has 11 heteroatoms. The van der Waals surface area contributed by atoms with Crippen molar-refractivity contribution in [2.75, 3.05) is 40.8 Å². The van der Waals surface area contributed by atoms with Crippen LogP contribution in [0.1, 0.15) is 23.7 Å². The maximum absolute atomic E-state index is 12.8. The van der Waals surface area contributed by atoms with E-state index < -0.39 is 22.8 Å². The van der Waals surface area contributed by atoms with Crippen molar-refractivity contribution in [1.29, 1.82) is 0 Å². The second kappa shape index (κ2) is 12.8. The Morgan fingerprint density at radius 2 is 1.90 bits per heavy atom. The molecule has 1 rings (SSSR count). The van der Waals surface area contributed by atoms with E-state index in [-0.39, 0.29) is 37.0 Å². The molecule has 0 radical (unpaired) electrons. The molecule has 0 spiro atoms. The van der Waals surface area contributed by atoms with Gasteiger partial charge in [0.15, 0.2) is 0 Å². The summed E-state index contributed by atoms with van der Waals surface area (Å²) >= 11 is 0. The first-order chi connectivity index (χ1) is 13.8. The van der Waals surface area contributed by atoms with Gasteiger partial charge in [0.05, 0.1) is 30.8 Å². The highest BCUT2D eigenvalue weighted by molar-refractivity contribution is 5.94. The van der Waals surface area contributed by atoms with E-state index in [2.05, 4.69) is 0 Å². The van der Waals surface area contributed by atoms with Gasteiger partial charge in [-0.15, -0.1) is 0 Å². The number of benzene rings is 1. The van der Waals surface area contributed by atoms with Gasteiger partial charge < -0.3 is 19.1 Å². The Balaban J connectivity index is 2.80. The van der Waals surface area contributed by atoms with Crippen LogP contribution in [0.5, 0.6) is 0 Å². The fourth-order valence-electron chi connectivity index (χ4n) is 2.50. The van der Waals surface area contributed by atoms with Crippen LogP contribution in [0.4, 0.5) is 5.69 Å². The number of rotatable bonds is 13. The lowest BCUT2D eigenvalue weighted by atomic mass is 10.00. The standard InChI is InChI=1S/C18H27N3O8/c1-13(17(22)19-24)10-16(11-29-12-28-9-8-27-3)20(2)18(23)14-4-6-15(7-5-14)21(25)26/h4-7,13,16,24H,8-12H2,1-3H3,(H,19,22)/t13-,16-/m0/s1. The molecule has 162 valence electrons. The molecule has 0 fully saturated rings. The maximum Gasteiger partial charge on any atom is 0.269 e. The molecule has 0 aliphatic heterocycles. The number of hydrogen-bond donors (Lipinski definition) is 2. The van der Waals surface area contributed by atoms with Gasteiger partial charge in [0.25, 0.3) is 11.6 Å². The minimum atomic E-state index is -0.588. The predicted molar refractivity (Wildman–Crippen MR) is 101 cm³/mol. The summed E-state index contributed by atoms with van der Waals surface area (Å²) in [5.74, 6) is -1.55. The number of nitro benzene ring substituents is 1. The van der Waals surface area contributed by atoms with E-state index in [9.17, 15) is 19.7 Å². The lowest BCUT2D eigenvalue weighted by Gasteiger charge is -2.30. The van der Waals surface area contributed by atoms with Gasteiger partial charge in [0.1, 0.15) is 6.79 Å². The Morgan fingerprint density at radius 3 is 2.45 bits per heavy atom. The van der Waals surface area contributed by atoms with E-state index in [1.54, 1.807) is 26.6 Å². The van der Waals surface area contributed by atoms with Crippen LogP contribution in [0, 0.1) is 16.0 Å². The van der Waals surface area contributed by atoms with Gasteiger partial charge in [-0.25, -0.2) is 5.48 Å². The monoisotopic (exact) mass is 413 g/mol. The van der Waals surface area contributed by atoms with E-state index in [0.717, 1.165) is 0 Å². The van der Waals surface area contributed by atoms with E-state index in [1.165, 1.54) is 29.2 Å². The van der Waals surface area contributed by atoms with Crippen molar-refractivity contribution < 1.29 is 33.9 Å². The Morgan fingerprint density at radius 1 is 1.24 bits per heavy atom. The number of ether oxygens (including phenoxy) is 3. The summed E-state index contributed by atoms with van der Waals surface area (Å²) in [7, 11) is 3.10. The summed E-state index contributed by atoms with van der Waals surface area (Å²) in [6.45, 7) is 2.45. The van der Waals surface area contributed by atoms with Crippen molar-refractivity contribution >= 4 is 17.5 Å². The van der Waals surface area contributed by atoms with Gasteiger partial charge in [-0.1, -0.05) is 6.92 Å². The highest BCUT2D eigenvalue weighted by Crippen LogP contribution is 2.17. The molecule has 0 heterocycles. The quantitative estimate of drug-likeness (QED) is 0.162. The summed E-state index contributed by atoms with van der Waals surface area (Å²) in [5, 5.41) is 19.6. The number of amides is 2. The first kappa shape index (κ1) is 24.4. The molecule has 2 N–H and O–H groups in total. The molecule has 0 saturated heterocycles. The third-order valence-corrected chi connectivity index (χ3v) is 4.29. The smallest absolute Gasteiger partial charge is 0.269 e. The number of hydrogen-bond acceptors (Lipinski definition) is 8. The van der Waals surface area contributed by atoms with Crippen molar-refractivity contribution in [3.8, 4) is 0 Å². The topological polar surface area (TPSA) is 140 Å². The van der Waals surface area contributed by atoms with Crippen LogP contribution in [0.15, 0.2) is 24.3 Å². The minimum Gasteiger partial charge on any atom is -0.382 e. The van der Waals surface area contributed by atoms with Crippen molar-refractivity contribution in [2.24, 2.45) is 5.92 Å². The lowest BCUT2D eigenvalue weighted by Crippen LogP contribution is -2.43. The van der Waals surface area contributed by atoms with Gasteiger partial charge in [0, 0.05) is 37.8 Å². The average molecular weight is 413 g/mol. The molecule has 0 unspecified atom stereocenters. The SMILES string of the molecule is COCCOCOC[C@H](C[C@H](C)C(=O)NO)N(C)C(=O)c1ccc([N+](=O)[O-])cc1. The number of likely N-dealkylation sites (N-methyl/N-ethyl adjacent to an activating group) is 1. The number of hydroxylamine groups is 1. The number of carbonyl (C=O) groups excluding carboxylic acids is 2. The highest BCUT2D eigenvalue weighted by Gasteiger charge is 2.26. The Bertz CT molecular complexity index is 668. The van der Waals surface area contributed by atoms with E-state index in [4.69, 9.17) is 19.4 Å². The molecule has 0 bridgehead atoms. The molecule has 0 aliphatic rings. The molecule has 0 aliphatic carbocycles. The number of carbonyl (C=O) groups is 2. The van der Waals surface area contributed by atoms with Crippen LogP contribution in [0.25, 0.3) is 0 Å². The van der Waals surface area contributed by atoms with Crippen LogP contribution in [0.2, 0.25) is 0 Å². The number of non-ortho nitro benzene ring substituents is 1. The summed E-state index contributed by atoms with van der Waals surface area (Å²) < 4.78 is 15.5. The number of methoxy groups -OCH3 is 1. The lowest BCUT2D eigenvalue weighted by molar-refractivity contribution is -0.384. The third kappa shape index (κ3) is 8.11. The van der Waals surface area contributed by atoms with Crippen molar-refractivity contribution in [2.45, 2.75) is 19.4 Å². The summed E-state index contributed by atoms with van der Waals surface area (Å²) in [5.41, 5.74) is 1.73. The van der Waals surface area contributed by atoms with E-state index >= 15 is 0 Å². The molecular weight excluding hydrogens is 386 g/mol. The zero-order chi connectivity index (χ0) is 21.8. The fraction of sp³-hybridized carbons (Fsp3) is 0.556. The minimum absolute atomic E-state index is 0.0139. The van der Waals surface area contributed by atoms with Crippen molar-refractivity contribution in [1.82, 2.24) is 10.4 Å². The third-order valence-electron chi connectivity index (χ3n) is 4.29. The number of nitrogens with zero attached hydrogens (tertiary/aromatic N) is 2. The molecular formula is C18H27N3O8. The molecule has 1 aromatic rings. The van der Waals surface area contributed by atoms with E-state index in [0.29, 0.717) is 13.2 Å². The predicted octanol–water partition coefficient (Wildman–Crippen LogP) is 1.20. The summed E-state index contributed by atoms with van der Waals surface area (Å²) in [4.78, 5) is 36.0. The molecule has 0 aromatic heterocycles. The van der Waals surface area contributed by atoms with Crippen LogP contribution in [-0.4, -0.2) is 73.7 Å². The Kier molecular flexibility index (Phi) is 10.8. The van der Waals surface area contributed by atoms with Crippen LogP contribution >= 0.6 is 0 Å². The van der Waals surface area contributed by atoms with Gasteiger partial charge in [-0.3, -0.25) is 24.9 Å². The molecule has 29 heavy (non-hydrogen) atoms.